The van der Waals surface area contributed by atoms with E-state index in [4.69, 9.17) is 5.11 Å². The molecule has 1 aliphatic heterocycles. The van der Waals surface area contributed by atoms with Gasteiger partial charge in [0.2, 0.25) is 0 Å². The molecule has 0 amide bonds. The van der Waals surface area contributed by atoms with Crippen LogP contribution in [0.5, 0.6) is 0 Å². The van der Waals surface area contributed by atoms with E-state index in [1.54, 1.807) is 0 Å². The molecule has 106 valence electrons. The van der Waals surface area contributed by atoms with Crippen molar-refractivity contribution in [2.24, 2.45) is 5.92 Å². The fourth-order valence-electron chi connectivity index (χ4n) is 2.14. The number of halogens is 3. The summed E-state index contributed by atoms with van der Waals surface area (Å²) in [7, 11) is 0. The third-order valence-corrected chi connectivity index (χ3v) is 3.24. The Bertz CT molecular complexity index is 496. The second kappa shape index (κ2) is 4.43. The minimum atomic E-state index is -4.45. The molecular formula is C11H14F3N3O2. The second-order valence-corrected chi connectivity index (χ2v) is 4.95. The smallest absolute Gasteiger partial charge is 0.410 e. The van der Waals surface area contributed by atoms with Crippen LogP contribution in [0.4, 0.5) is 19.0 Å². The summed E-state index contributed by atoms with van der Waals surface area (Å²) in [6, 6.07) is -1.02. The maximum atomic E-state index is 13.0. The largest absolute Gasteiger partial charge is 0.476 e. The van der Waals surface area contributed by atoms with Gasteiger partial charge in [-0.2, -0.15) is 18.3 Å². The maximum absolute atomic E-state index is 13.0. The average molecular weight is 277 g/mol. The number of fused-ring (bicyclic) bond motifs is 1. The Morgan fingerprint density at radius 3 is 2.68 bits per heavy atom. The quantitative estimate of drug-likeness (QED) is 0.871. The van der Waals surface area contributed by atoms with E-state index in [2.05, 4.69) is 10.4 Å². The first-order valence-corrected chi connectivity index (χ1v) is 5.86. The summed E-state index contributed by atoms with van der Waals surface area (Å²) in [5, 5.41) is 15.3. The van der Waals surface area contributed by atoms with Crippen molar-refractivity contribution in [1.82, 2.24) is 9.78 Å². The van der Waals surface area contributed by atoms with Gasteiger partial charge in [-0.1, -0.05) is 13.8 Å². The van der Waals surface area contributed by atoms with Crippen LogP contribution in [0.15, 0.2) is 6.07 Å². The molecule has 2 rings (SSSR count). The summed E-state index contributed by atoms with van der Waals surface area (Å²) in [5.74, 6) is -1.24. The minimum Gasteiger partial charge on any atom is -0.476 e. The van der Waals surface area contributed by atoms with Crippen molar-refractivity contribution < 1.29 is 23.1 Å². The Morgan fingerprint density at radius 2 is 2.21 bits per heavy atom. The van der Waals surface area contributed by atoms with E-state index in [0.29, 0.717) is 0 Å². The number of aromatic nitrogens is 2. The predicted octanol–water partition coefficient (Wildman–Crippen LogP) is 2.52. The Morgan fingerprint density at radius 1 is 1.58 bits per heavy atom. The highest BCUT2D eigenvalue weighted by atomic mass is 19.4. The molecule has 2 heterocycles. The van der Waals surface area contributed by atoms with Crippen LogP contribution < -0.4 is 5.32 Å². The van der Waals surface area contributed by atoms with Crippen LogP contribution in [0.3, 0.4) is 0 Å². The van der Waals surface area contributed by atoms with Crippen LogP contribution in [0, 0.1) is 5.92 Å². The summed E-state index contributed by atoms with van der Waals surface area (Å²) in [6.45, 7) is 3.63. The van der Waals surface area contributed by atoms with Gasteiger partial charge in [0.15, 0.2) is 11.7 Å². The van der Waals surface area contributed by atoms with E-state index in [-0.39, 0.29) is 29.9 Å². The van der Waals surface area contributed by atoms with Crippen LogP contribution in [0.2, 0.25) is 0 Å². The fraction of sp³-hybridized carbons (Fsp3) is 0.636. The SMILES string of the molecule is CC(C)[C@@H]1C[C@@H](C(F)(F)F)n2nc(C(=O)O)cc2N1. The van der Waals surface area contributed by atoms with Crippen LogP contribution in [0.1, 0.15) is 36.8 Å². The van der Waals surface area contributed by atoms with Gasteiger partial charge in [-0.05, 0) is 12.3 Å². The van der Waals surface area contributed by atoms with E-state index in [9.17, 15) is 18.0 Å². The Hall–Kier alpha value is -1.73. The van der Waals surface area contributed by atoms with Crippen molar-refractivity contribution in [3.8, 4) is 0 Å². The Kier molecular flexibility index (Phi) is 3.19. The molecule has 0 saturated heterocycles. The van der Waals surface area contributed by atoms with Gasteiger partial charge in [-0.15, -0.1) is 0 Å². The molecule has 1 aliphatic rings. The number of nitrogens with one attached hydrogen (secondary N) is 1. The van der Waals surface area contributed by atoms with E-state index in [1.165, 1.54) is 0 Å². The first kappa shape index (κ1) is 13.7. The van der Waals surface area contributed by atoms with Gasteiger partial charge < -0.3 is 10.4 Å². The molecule has 0 unspecified atom stereocenters. The summed E-state index contributed by atoms with van der Waals surface area (Å²) in [6.07, 6.45) is -4.61. The number of hydrogen-bond donors (Lipinski definition) is 2. The fourth-order valence-corrected chi connectivity index (χ4v) is 2.14. The summed E-state index contributed by atoms with van der Waals surface area (Å²) < 4.78 is 39.8. The number of carboxylic acids is 1. The maximum Gasteiger partial charge on any atom is 0.410 e. The molecule has 0 aliphatic carbocycles. The number of hydrogen-bond acceptors (Lipinski definition) is 3. The monoisotopic (exact) mass is 277 g/mol. The van der Waals surface area contributed by atoms with E-state index in [1.807, 2.05) is 13.8 Å². The van der Waals surface area contributed by atoms with Crippen molar-refractivity contribution in [2.45, 2.75) is 38.5 Å². The first-order valence-electron chi connectivity index (χ1n) is 5.86. The average Bonchev–Trinajstić information content (AvgIpc) is 2.69. The number of alkyl halides is 3. The molecule has 19 heavy (non-hydrogen) atoms. The molecule has 0 saturated carbocycles. The van der Waals surface area contributed by atoms with Crippen molar-refractivity contribution in [2.75, 3.05) is 5.32 Å². The number of nitrogens with zero attached hydrogens (tertiary/aromatic N) is 2. The van der Waals surface area contributed by atoms with Crippen molar-refractivity contribution in [3.63, 3.8) is 0 Å². The van der Waals surface area contributed by atoms with Gasteiger partial charge in [-0.25, -0.2) is 9.48 Å². The summed E-state index contributed by atoms with van der Waals surface area (Å²) >= 11 is 0. The number of carbonyl (C=O) groups is 1. The molecule has 0 fully saturated rings. The molecule has 1 aromatic rings. The third kappa shape index (κ3) is 2.52. The first-order chi connectivity index (χ1) is 8.70. The number of carboxylic acid groups (broad SMARTS) is 1. The van der Waals surface area contributed by atoms with Crippen LogP contribution in [-0.2, 0) is 0 Å². The van der Waals surface area contributed by atoms with Gasteiger partial charge in [0.05, 0.1) is 0 Å². The molecular weight excluding hydrogens is 263 g/mol. The molecule has 5 nitrogen and oxygen atoms in total. The van der Waals surface area contributed by atoms with Crippen LogP contribution in [-0.4, -0.2) is 33.1 Å². The van der Waals surface area contributed by atoms with E-state index >= 15 is 0 Å². The van der Waals surface area contributed by atoms with Gasteiger partial charge >= 0.3 is 12.1 Å². The van der Waals surface area contributed by atoms with Gasteiger partial charge in [0.25, 0.3) is 0 Å². The van der Waals surface area contributed by atoms with E-state index in [0.717, 1.165) is 10.7 Å². The normalized spacial score (nSPS) is 23.1. The van der Waals surface area contributed by atoms with E-state index < -0.39 is 18.2 Å². The standard InChI is InChI=1S/C11H14F3N3O2/c1-5(2)6-3-8(11(12,13)14)17-9(15-6)4-7(16-17)10(18)19/h4-6,8,15H,3H2,1-2H3,(H,18,19)/t6-,8-/m0/s1. The highest BCUT2D eigenvalue weighted by Gasteiger charge is 2.46. The molecule has 8 heteroatoms. The molecule has 0 radical (unpaired) electrons. The van der Waals surface area contributed by atoms with Gasteiger partial charge in [-0.3, -0.25) is 0 Å². The Labute approximate surface area is 107 Å². The number of rotatable bonds is 2. The molecule has 0 spiro atoms. The third-order valence-electron chi connectivity index (χ3n) is 3.24. The topological polar surface area (TPSA) is 67.2 Å². The number of anilines is 1. The summed E-state index contributed by atoms with van der Waals surface area (Å²) in [5.41, 5.74) is -0.388. The molecule has 2 atom stereocenters. The molecule has 2 N–H and O–H groups in total. The predicted molar refractivity (Wildman–Crippen MR) is 61.1 cm³/mol. The number of aromatic carboxylic acids is 1. The van der Waals surface area contributed by atoms with Crippen LogP contribution in [0.25, 0.3) is 0 Å². The van der Waals surface area contributed by atoms with Crippen molar-refractivity contribution in [1.29, 1.82) is 0 Å². The van der Waals surface area contributed by atoms with Gasteiger partial charge in [0.1, 0.15) is 5.82 Å². The van der Waals surface area contributed by atoms with Crippen LogP contribution >= 0.6 is 0 Å². The van der Waals surface area contributed by atoms with Crippen molar-refractivity contribution >= 4 is 11.8 Å². The minimum absolute atomic E-state index is 0.00165. The lowest BCUT2D eigenvalue weighted by atomic mass is 9.94. The lowest BCUT2D eigenvalue weighted by Crippen LogP contribution is -2.41. The lowest BCUT2D eigenvalue weighted by Gasteiger charge is -2.35. The van der Waals surface area contributed by atoms with Crippen molar-refractivity contribution in [3.05, 3.63) is 11.8 Å². The highest BCUT2D eigenvalue weighted by molar-refractivity contribution is 5.86. The van der Waals surface area contributed by atoms with Gasteiger partial charge in [0, 0.05) is 12.1 Å². The lowest BCUT2D eigenvalue weighted by molar-refractivity contribution is -0.174. The second-order valence-electron chi connectivity index (χ2n) is 4.95. The zero-order valence-corrected chi connectivity index (χ0v) is 10.4. The molecule has 0 aromatic carbocycles. The zero-order valence-electron chi connectivity index (χ0n) is 10.4. The molecule has 0 bridgehead atoms. The molecule has 1 aromatic heterocycles. The summed E-state index contributed by atoms with van der Waals surface area (Å²) in [4.78, 5) is 10.8. The zero-order chi connectivity index (χ0) is 14.4. The Balaban J connectivity index is 2.44. The highest BCUT2D eigenvalue weighted by Crippen LogP contribution is 2.40.